The van der Waals surface area contributed by atoms with Crippen molar-refractivity contribution in [2.24, 2.45) is 0 Å². The highest BCUT2D eigenvalue weighted by Crippen LogP contribution is 2.61. The highest BCUT2D eigenvalue weighted by atomic mass is 31.1. The number of hydrogen-bond donors (Lipinski definition) is 0. The van der Waals surface area contributed by atoms with Crippen molar-refractivity contribution >= 4 is 39.7 Å². The maximum atomic E-state index is 2.31. The van der Waals surface area contributed by atoms with E-state index in [1.807, 2.05) is 0 Å². The fourth-order valence-electron chi connectivity index (χ4n) is 8.69. The molecule has 0 nitrogen and oxygen atoms in total. The van der Waals surface area contributed by atoms with Crippen LogP contribution in [0.5, 0.6) is 0 Å². The van der Waals surface area contributed by atoms with Gasteiger partial charge in [-0.25, -0.2) is 0 Å². The summed E-state index contributed by atoms with van der Waals surface area (Å²) in [5.74, 6) is 0. The van der Waals surface area contributed by atoms with Gasteiger partial charge in [0.05, 0.1) is 0 Å². The molecule has 0 N–H and O–H groups in total. The summed E-state index contributed by atoms with van der Waals surface area (Å²) >= 11 is 0. The van der Waals surface area contributed by atoms with Gasteiger partial charge in [0.2, 0.25) is 0 Å². The first-order valence-corrected chi connectivity index (χ1v) is 26.5. The molecule has 3 fully saturated rings. The van der Waals surface area contributed by atoms with Crippen molar-refractivity contribution < 1.29 is 0 Å². The van der Waals surface area contributed by atoms with Gasteiger partial charge in [0.1, 0.15) is 0 Å². The summed E-state index contributed by atoms with van der Waals surface area (Å²) in [4.78, 5) is 0. The van der Waals surface area contributed by atoms with Crippen molar-refractivity contribution in [1.29, 1.82) is 0 Å². The molecule has 3 aromatic carbocycles. The van der Waals surface area contributed by atoms with E-state index in [1.165, 1.54) is 90.7 Å². The summed E-state index contributed by atoms with van der Waals surface area (Å²) in [6, 6.07) is 32.3. The van der Waals surface area contributed by atoms with Crippen LogP contribution in [-0.4, -0.2) is 35.5 Å². The standard InChI is InChI=1S/C18H33P.C18H15P.C12H27P/c2*1-4-10-16(11-5-1)19(17-12-6-2-7-13-17)18-14-8-3-9-15-18;1-4-7-10-13(11-8-5-2)12-9-6-3/h16-18H,1-15H2;1-15H;4-12H2,1-3H3. The highest BCUT2D eigenvalue weighted by Gasteiger charge is 2.36. The molecular weight excluding hydrogens is 669 g/mol. The Morgan fingerprint density at radius 1 is 0.392 bits per heavy atom. The minimum Gasteiger partial charge on any atom is -0.107 e. The summed E-state index contributed by atoms with van der Waals surface area (Å²) < 4.78 is 0. The van der Waals surface area contributed by atoms with Crippen molar-refractivity contribution in [3.63, 3.8) is 0 Å². The van der Waals surface area contributed by atoms with Crippen LogP contribution in [0.25, 0.3) is 0 Å². The second-order valence-electron chi connectivity index (χ2n) is 15.6. The molecule has 3 heteroatoms. The normalized spacial score (nSPS) is 17.5. The molecule has 0 saturated heterocycles. The number of unbranched alkanes of at least 4 members (excludes halogenated alkanes) is 3. The predicted molar refractivity (Wildman–Crippen MR) is 239 cm³/mol. The second-order valence-corrected chi connectivity index (χ2v) is 23.6. The van der Waals surface area contributed by atoms with E-state index in [9.17, 15) is 0 Å². The van der Waals surface area contributed by atoms with Crippen LogP contribution in [0, 0.1) is 0 Å². The lowest BCUT2D eigenvalue weighted by atomic mass is 9.99. The predicted octanol–water partition coefficient (Wildman–Crippen LogP) is 14.8. The average molecular weight is 745 g/mol. The van der Waals surface area contributed by atoms with Gasteiger partial charge in [-0.15, -0.1) is 7.92 Å². The Morgan fingerprint density at radius 3 is 0.922 bits per heavy atom. The molecule has 0 atom stereocenters. The minimum absolute atomic E-state index is 0.385. The van der Waals surface area contributed by atoms with E-state index >= 15 is 0 Å². The zero-order chi connectivity index (χ0) is 35.8. The first-order chi connectivity index (χ1) is 25.2. The van der Waals surface area contributed by atoms with Gasteiger partial charge in [-0.3, -0.25) is 0 Å². The Balaban J connectivity index is 0.000000176. The van der Waals surface area contributed by atoms with Gasteiger partial charge in [0.25, 0.3) is 0 Å². The highest BCUT2D eigenvalue weighted by molar-refractivity contribution is 7.79. The van der Waals surface area contributed by atoms with Crippen LogP contribution in [0.15, 0.2) is 91.0 Å². The lowest BCUT2D eigenvalue weighted by Gasteiger charge is -2.44. The van der Waals surface area contributed by atoms with Crippen LogP contribution in [0.3, 0.4) is 0 Å². The SMILES string of the molecule is C1CCC(P(C2CCCCC2)C2CCCCC2)CC1.CCCCP(CCCC)CCCC.c1ccc(P(c2ccccc2)c2ccccc2)cc1. The molecule has 0 heterocycles. The third kappa shape index (κ3) is 15.7. The Hall–Kier alpha value is -1.05. The van der Waals surface area contributed by atoms with Gasteiger partial charge < -0.3 is 0 Å². The zero-order valence-corrected chi connectivity index (χ0v) is 35.9. The first kappa shape index (κ1) is 42.7. The van der Waals surface area contributed by atoms with E-state index in [-0.39, 0.29) is 0 Å². The van der Waals surface area contributed by atoms with Crippen LogP contribution in [0.1, 0.15) is 156 Å². The van der Waals surface area contributed by atoms with Gasteiger partial charge in [0.15, 0.2) is 0 Å². The molecule has 6 rings (SSSR count). The maximum absolute atomic E-state index is 2.31. The number of benzene rings is 3. The maximum Gasteiger partial charge on any atom is -0.0134 e. The summed E-state index contributed by atoms with van der Waals surface area (Å²) in [7, 11) is 0.361. The molecular formula is C48H75P3. The molecule has 0 aromatic heterocycles. The van der Waals surface area contributed by atoms with Crippen molar-refractivity contribution in [2.75, 3.05) is 18.5 Å². The topological polar surface area (TPSA) is 0 Å². The molecule has 51 heavy (non-hydrogen) atoms. The summed E-state index contributed by atoms with van der Waals surface area (Å²) in [6.07, 6.45) is 36.8. The molecule has 3 aromatic rings. The Kier molecular flexibility index (Phi) is 22.3. The molecule has 0 amide bonds. The van der Waals surface area contributed by atoms with E-state index in [0.717, 1.165) is 0 Å². The largest absolute Gasteiger partial charge is 0.107 e. The lowest BCUT2D eigenvalue weighted by molar-refractivity contribution is 0.460. The smallest absolute Gasteiger partial charge is 0.0134 e. The van der Waals surface area contributed by atoms with E-state index in [2.05, 4.69) is 112 Å². The quantitative estimate of drug-likeness (QED) is 0.136. The van der Waals surface area contributed by atoms with Crippen molar-refractivity contribution in [3.05, 3.63) is 91.0 Å². The van der Waals surface area contributed by atoms with Crippen LogP contribution in [0.2, 0.25) is 0 Å². The van der Waals surface area contributed by atoms with Crippen LogP contribution < -0.4 is 15.9 Å². The molecule has 3 saturated carbocycles. The number of rotatable bonds is 15. The summed E-state index contributed by atoms with van der Waals surface area (Å²) in [5, 5.41) is 4.19. The van der Waals surface area contributed by atoms with E-state index < -0.39 is 7.92 Å². The Morgan fingerprint density at radius 2 is 0.667 bits per heavy atom. The van der Waals surface area contributed by atoms with Crippen molar-refractivity contribution in [3.8, 4) is 0 Å². The summed E-state index contributed by atoms with van der Waals surface area (Å²) in [5.41, 5.74) is 3.57. The average Bonchev–Trinajstić information content (AvgIpc) is 3.21. The third-order valence-corrected chi connectivity index (χ3v) is 20.9. The fraction of sp³-hybridized carbons (Fsp3) is 0.625. The third-order valence-electron chi connectivity index (χ3n) is 11.5. The molecule has 0 bridgehead atoms. The fourth-order valence-corrected chi connectivity index (χ4v) is 18.6. The Labute approximate surface area is 320 Å². The minimum atomic E-state index is -0.446. The second kappa shape index (κ2) is 26.7. The van der Waals surface area contributed by atoms with Crippen LogP contribution in [0.4, 0.5) is 0 Å². The van der Waals surface area contributed by atoms with Crippen molar-refractivity contribution in [2.45, 2.75) is 173 Å². The lowest BCUT2D eigenvalue weighted by Crippen LogP contribution is -2.28. The number of hydrogen-bond acceptors (Lipinski definition) is 0. The van der Waals surface area contributed by atoms with Gasteiger partial charge in [-0.2, -0.15) is 0 Å². The van der Waals surface area contributed by atoms with Crippen LogP contribution >= 0.6 is 23.8 Å². The monoisotopic (exact) mass is 745 g/mol. The summed E-state index contributed by atoms with van der Waals surface area (Å²) in [6.45, 7) is 6.94. The van der Waals surface area contributed by atoms with E-state index in [0.29, 0.717) is 15.8 Å². The van der Waals surface area contributed by atoms with E-state index in [4.69, 9.17) is 0 Å². The van der Waals surface area contributed by atoms with Gasteiger partial charge in [-0.05, 0) is 117 Å². The molecule has 0 aliphatic heterocycles. The van der Waals surface area contributed by atoms with Gasteiger partial charge in [0, 0.05) is 0 Å². The Bertz CT molecular complexity index is 1060. The molecule has 0 unspecified atom stereocenters. The van der Waals surface area contributed by atoms with Gasteiger partial charge in [-0.1, -0.05) is 197 Å². The molecule has 3 aliphatic carbocycles. The van der Waals surface area contributed by atoms with Crippen LogP contribution in [-0.2, 0) is 0 Å². The molecule has 3 aliphatic rings. The van der Waals surface area contributed by atoms with E-state index in [1.54, 1.807) is 95.5 Å². The molecule has 0 radical (unpaired) electrons. The van der Waals surface area contributed by atoms with Crippen molar-refractivity contribution in [1.82, 2.24) is 0 Å². The van der Waals surface area contributed by atoms with Gasteiger partial charge >= 0.3 is 0 Å². The first-order valence-electron chi connectivity index (χ1n) is 21.7. The zero-order valence-electron chi connectivity index (χ0n) is 33.2. The molecule has 282 valence electrons. The molecule has 0 spiro atoms.